The van der Waals surface area contributed by atoms with Gasteiger partial charge in [-0.05, 0) is 37.6 Å². The number of hydrogen-bond donors (Lipinski definition) is 3. The van der Waals surface area contributed by atoms with E-state index >= 15 is 0 Å². The van der Waals surface area contributed by atoms with Gasteiger partial charge < -0.3 is 15.7 Å². The van der Waals surface area contributed by atoms with Crippen molar-refractivity contribution in [3.63, 3.8) is 0 Å². The van der Waals surface area contributed by atoms with E-state index in [-0.39, 0.29) is 18.4 Å². The van der Waals surface area contributed by atoms with Crippen LogP contribution in [-0.4, -0.2) is 36.6 Å². The first kappa shape index (κ1) is 16.7. The molecule has 1 rings (SSSR count). The maximum absolute atomic E-state index is 12.0. The molecule has 0 aromatic heterocycles. The number of benzene rings is 1. The fourth-order valence-corrected chi connectivity index (χ4v) is 1.72. The molecule has 1 unspecified atom stereocenters. The zero-order valence-electron chi connectivity index (χ0n) is 12.5. The summed E-state index contributed by atoms with van der Waals surface area (Å²) in [4.78, 5) is 23.4. The first-order chi connectivity index (χ1) is 9.99. The summed E-state index contributed by atoms with van der Waals surface area (Å²) in [5, 5.41) is 13.8. The first-order valence-electron chi connectivity index (χ1n) is 6.72. The lowest BCUT2D eigenvalue weighted by Crippen LogP contribution is -2.43. The predicted molar refractivity (Wildman–Crippen MR) is 80.8 cm³/mol. The van der Waals surface area contributed by atoms with E-state index in [9.17, 15) is 9.59 Å². The lowest BCUT2D eigenvalue weighted by Gasteiger charge is -2.12. The van der Waals surface area contributed by atoms with Gasteiger partial charge in [0.15, 0.2) is 0 Å². The maximum Gasteiger partial charge on any atom is 0.251 e. The fraction of sp³-hybridized carbons (Fsp3) is 0.375. The van der Waals surface area contributed by atoms with Crippen molar-refractivity contribution in [1.29, 1.82) is 0 Å². The molecule has 5 heteroatoms. The minimum atomic E-state index is -0.591. The quantitative estimate of drug-likeness (QED) is 0.710. The molecule has 21 heavy (non-hydrogen) atoms. The van der Waals surface area contributed by atoms with Gasteiger partial charge in [-0.25, -0.2) is 0 Å². The zero-order chi connectivity index (χ0) is 15.8. The van der Waals surface area contributed by atoms with Gasteiger partial charge in [-0.15, -0.1) is 0 Å². The van der Waals surface area contributed by atoms with Crippen molar-refractivity contribution in [3.8, 4) is 11.8 Å². The van der Waals surface area contributed by atoms with Crippen molar-refractivity contribution >= 4 is 11.8 Å². The molecule has 0 heterocycles. The number of aliphatic hydroxyl groups is 1. The van der Waals surface area contributed by atoms with Crippen LogP contribution in [0.2, 0.25) is 0 Å². The molecule has 0 aliphatic rings. The Bertz CT molecular complexity index is 585. The molecular weight excluding hydrogens is 268 g/mol. The lowest BCUT2D eigenvalue weighted by molar-refractivity contribution is -0.122. The Balaban J connectivity index is 2.82. The van der Waals surface area contributed by atoms with Gasteiger partial charge in [0, 0.05) is 24.6 Å². The van der Waals surface area contributed by atoms with Crippen LogP contribution in [-0.2, 0) is 4.79 Å². The maximum atomic E-state index is 12.0. The van der Waals surface area contributed by atoms with Gasteiger partial charge in [-0.3, -0.25) is 9.59 Å². The third kappa shape index (κ3) is 4.93. The van der Waals surface area contributed by atoms with Gasteiger partial charge in [0.1, 0.15) is 6.04 Å². The molecule has 0 fully saturated rings. The number of rotatable bonds is 4. The number of hydrogen-bond acceptors (Lipinski definition) is 3. The normalized spacial score (nSPS) is 11.0. The topological polar surface area (TPSA) is 78.4 Å². The van der Waals surface area contributed by atoms with Crippen molar-refractivity contribution in [3.05, 3.63) is 34.9 Å². The van der Waals surface area contributed by atoms with E-state index in [4.69, 9.17) is 5.11 Å². The molecule has 5 nitrogen and oxygen atoms in total. The van der Waals surface area contributed by atoms with Gasteiger partial charge in [-0.2, -0.15) is 0 Å². The standard InChI is InChI=1S/C16H20N2O3/c1-11-10-14(8-7-13(11)6-4-5-9-19)16(21)18-12(2)15(20)17-3/h7-8,10,12,19H,5,9H2,1-3H3,(H,17,20)(H,18,21). The zero-order valence-corrected chi connectivity index (χ0v) is 12.5. The summed E-state index contributed by atoms with van der Waals surface area (Å²) in [5.41, 5.74) is 2.18. The van der Waals surface area contributed by atoms with Crippen LogP contribution >= 0.6 is 0 Å². The largest absolute Gasteiger partial charge is 0.395 e. The molecule has 0 saturated carbocycles. The Kier molecular flexibility index (Phi) is 6.44. The Morgan fingerprint density at radius 1 is 1.38 bits per heavy atom. The second kappa shape index (κ2) is 8.08. The highest BCUT2D eigenvalue weighted by molar-refractivity contribution is 5.97. The molecule has 1 aromatic carbocycles. The highest BCUT2D eigenvalue weighted by atomic mass is 16.2. The van der Waals surface area contributed by atoms with E-state index < -0.39 is 6.04 Å². The molecular formula is C16H20N2O3. The average molecular weight is 288 g/mol. The molecule has 3 N–H and O–H groups in total. The Labute approximate surface area is 124 Å². The summed E-state index contributed by atoms with van der Waals surface area (Å²) in [6, 6.07) is 4.57. The van der Waals surface area contributed by atoms with Crippen molar-refractivity contribution in [1.82, 2.24) is 10.6 Å². The Hall–Kier alpha value is -2.32. The third-order valence-corrected chi connectivity index (χ3v) is 2.94. The van der Waals surface area contributed by atoms with E-state index in [0.717, 1.165) is 11.1 Å². The van der Waals surface area contributed by atoms with Crippen molar-refractivity contribution in [2.75, 3.05) is 13.7 Å². The van der Waals surface area contributed by atoms with Gasteiger partial charge in [0.2, 0.25) is 5.91 Å². The summed E-state index contributed by atoms with van der Waals surface area (Å²) in [6.07, 6.45) is 0.422. The van der Waals surface area contributed by atoms with Crippen LogP contribution < -0.4 is 10.6 Å². The molecule has 0 saturated heterocycles. The molecule has 0 spiro atoms. The second-order valence-corrected chi connectivity index (χ2v) is 4.61. The molecule has 0 bridgehead atoms. The monoisotopic (exact) mass is 288 g/mol. The SMILES string of the molecule is CNC(=O)C(C)NC(=O)c1ccc(C#CCCO)c(C)c1. The number of amides is 2. The first-order valence-corrected chi connectivity index (χ1v) is 6.72. The van der Waals surface area contributed by atoms with Crippen molar-refractivity contribution < 1.29 is 14.7 Å². The lowest BCUT2D eigenvalue weighted by atomic mass is 10.0. The van der Waals surface area contributed by atoms with Crippen LogP contribution in [0.5, 0.6) is 0 Å². The van der Waals surface area contributed by atoms with Crippen LogP contribution in [0.25, 0.3) is 0 Å². The Morgan fingerprint density at radius 3 is 2.67 bits per heavy atom. The molecule has 2 amide bonds. The van der Waals surface area contributed by atoms with Gasteiger partial charge in [0.05, 0.1) is 6.61 Å². The molecule has 1 atom stereocenters. The summed E-state index contributed by atoms with van der Waals surface area (Å²) >= 11 is 0. The fourth-order valence-electron chi connectivity index (χ4n) is 1.72. The molecule has 112 valence electrons. The number of aryl methyl sites for hydroxylation is 1. The summed E-state index contributed by atoms with van der Waals surface area (Å²) < 4.78 is 0. The highest BCUT2D eigenvalue weighted by Crippen LogP contribution is 2.10. The summed E-state index contributed by atoms with van der Waals surface area (Å²) in [6.45, 7) is 3.52. The predicted octanol–water partition coefficient (Wildman–Crippen LogP) is 0.593. The van der Waals surface area contributed by atoms with Crippen LogP contribution in [0, 0.1) is 18.8 Å². The Morgan fingerprint density at radius 2 is 2.10 bits per heavy atom. The second-order valence-electron chi connectivity index (χ2n) is 4.61. The number of nitrogens with one attached hydrogen (secondary N) is 2. The van der Waals surface area contributed by atoms with E-state index in [2.05, 4.69) is 22.5 Å². The number of aliphatic hydroxyl groups excluding tert-OH is 1. The van der Waals surface area contributed by atoms with E-state index in [1.165, 1.54) is 7.05 Å². The molecule has 0 aliphatic carbocycles. The van der Waals surface area contributed by atoms with Crippen LogP contribution in [0.4, 0.5) is 0 Å². The summed E-state index contributed by atoms with van der Waals surface area (Å²) in [5.74, 6) is 5.24. The van der Waals surface area contributed by atoms with Crippen LogP contribution in [0.15, 0.2) is 18.2 Å². The number of likely N-dealkylation sites (N-methyl/N-ethyl adjacent to an activating group) is 1. The minimum absolute atomic E-state index is 0.0317. The molecule has 0 radical (unpaired) electrons. The molecule has 1 aromatic rings. The van der Waals surface area contributed by atoms with Gasteiger partial charge in [-0.1, -0.05) is 11.8 Å². The minimum Gasteiger partial charge on any atom is -0.395 e. The number of carbonyl (C=O) groups is 2. The summed E-state index contributed by atoms with van der Waals surface area (Å²) in [7, 11) is 1.52. The van der Waals surface area contributed by atoms with Crippen LogP contribution in [0.3, 0.4) is 0 Å². The van der Waals surface area contributed by atoms with Crippen molar-refractivity contribution in [2.45, 2.75) is 26.3 Å². The van der Waals surface area contributed by atoms with Gasteiger partial charge in [0.25, 0.3) is 5.91 Å². The van der Waals surface area contributed by atoms with Crippen LogP contribution in [0.1, 0.15) is 34.8 Å². The highest BCUT2D eigenvalue weighted by Gasteiger charge is 2.15. The average Bonchev–Trinajstić information content (AvgIpc) is 2.47. The van der Waals surface area contributed by atoms with E-state index in [1.807, 2.05) is 6.92 Å². The van der Waals surface area contributed by atoms with E-state index in [1.54, 1.807) is 25.1 Å². The van der Waals surface area contributed by atoms with E-state index in [0.29, 0.717) is 12.0 Å². The van der Waals surface area contributed by atoms with Crippen molar-refractivity contribution in [2.24, 2.45) is 0 Å². The molecule has 0 aliphatic heterocycles. The third-order valence-electron chi connectivity index (χ3n) is 2.94. The van der Waals surface area contributed by atoms with Gasteiger partial charge >= 0.3 is 0 Å². The smallest absolute Gasteiger partial charge is 0.251 e. The number of carbonyl (C=O) groups excluding carboxylic acids is 2.